The molecule has 0 atom stereocenters. The Bertz CT molecular complexity index is 376. The summed E-state index contributed by atoms with van der Waals surface area (Å²) >= 11 is 5.74. The van der Waals surface area contributed by atoms with Crippen molar-refractivity contribution >= 4 is 22.9 Å². The quantitative estimate of drug-likeness (QED) is 0.723. The molecule has 0 unspecified atom stereocenters. The Balaban J connectivity index is 2.32. The van der Waals surface area contributed by atoms with Gasteiger partial charge in [0.25, 0.3) is 0 Å². The van der Waals surface area contributed by atoms with Crippen LogP contribution in [0, 0.1) is 0 Å². The van der Waals surface area contributed by atoms with Crippen LogP contribution in [0.5, 0.6) is 0 Å². The maximum atomic E-state index is 5.74. The molecule has 1 aliphatic rings. The highest BCUT2D eigenvalue weighted by Crippen LogP contribution is 2.24. The van der Waals surface area contributed by atoms with Gasteiger partial charge in [0.05, 0.1) is 18.9 Å². The molecule has 14 heavy (non-hydrogen) atoms. The lowest BCUT2D eigenvalue weighted by atomic mass is 10.0. The molecule has 0 saturated heterocycles. The first-order valence-corrected chi connectivity index (χ1v) is 4.83. The molecule has 0 aromatic carbocycles. The van der Waals surface area contributed by atoms with Crippen molar-refractivity contribution in [2.75, 3.05) is 18.9 Å². The predicted octanol–water partition coefficient (Wildman–Crippen LogP) is 2.12. The molecule has 2 N–H and O–H groups in total. The van der Waals surface area contributed by atoms with E-state index in [-0.39, 0.29) is 0 Å². The zero-order chi connectivity index (χ0) is 9.97. The van der Waals surface area contributed by atoms with Gasteiger partial charge in [-0.2, -0.15) is 0 Å². The number of aromatic nitrogens is 1. The maximum absolute atomic E-state index is 5.74. The summed E-state index contributed by atoms with van der Waals surface area (Å²) in [5.74, 6) is 0. The molecular formula is C10H11ClN2O. The lowest BCUT2D eigenvalue weighted by Crippen LogP contribution is -2.04. The van der Waals surface area contributed by atoms with Crippen molar-refractivity contribution in [2.45, 2.75) is 6.42 Å². The molecule has 0 aliphatic carbocycles. The van der Waals surface area contributed by atoms with Crippen LogP contribution < -0.4 is 5.73 Å². The van der Waals surface area contributed by atoms with Gasteiger partial charge in [-0.05, 0) is 23.6 Å². The molecule has 2 heterocycles. The Morgan fingerprint density at radius 1 is 1.50 bits per heavy atom. The zero-order valence-electron chi connectivity index (χ0n) is 7.66. The van der Waals surface area contributed by atoms with Gasteiger partial charge < -0.3 is 10.5 Å². The summed E-state index contributed by atoms with van der Waals surface area (Å²) in [5.41, 5.74) is 8.47. The molecule has 74 valence electrons. The normalized spacial score (nSPS) is 16.5. The van der Waals surface area contributed by atoms with E-state index in [1.807, 2.05) is 12.1 Å². The van der Waals surface area contributed by atoms with E-state index in [1.54, 1.807) is 6.20 Å². The van der Waals surface area contributed by atoms with Gasteiger partial charge in [-0.15, -0.1) is 0 Å². The third kappa shape index (κ3) is 1.89. The lowest BCUT2D eigenvalue weighted by Gasteiger charge is -2.13. The van der Waals surface area contributed by atoms with Crippen LogP contribution in [0.3, 0.4) is 0 Å². The fraction of sp³-hybridized carbons (Fsp3) is 0.300. The Morgan fingerprint density at radius 2 is 2.36 bits per heavy atom. The number of rotatable bonds is 1. The SMILES string of the molecule is Nc1cc(C2=CCOCC2)cnc1Cl. The molecule has 1 aromatic rings. The number of pyridine rings is 1. The fourth-order valence-corrected chi connectivity index (χ4v) is 1.53. The molecule has 0 fully saturated rings. The maximum Gasteiger partial charge on any atom is 0.151 e. The number of ether oxygens (including phenoxy) is 1. The van der Waals surface area contributed by atoms with Crippen molar-refractivity contribution in [1.82, 2.24) is 4.98 Å². The average molecular weight is 211 g/mol. The van der Waals surface area contributed by atoms with Crippen molar-refractivity contribution < 1.29 is 4.74 Å². The first-order valence-electron chi connectivity index (χ1n) is 4.45. The fourth-order valence-electron chi connectivity index (χ4n) is 1.43. The molecule has 0 radical (unpaired) electrons. The van der Waals surface area contributed by atoms with Gasteiger partial charge in [-0.25, -0.2) is 4.98 Å². The number of hydrogen-bond acceptors (Lipinski definition) is 3. The first kappa shape index (κ1) is 9.49. The summed E-state index contributed by atoms with van der Waals surface area (Å²) in [4.78, 5) is 4.01. The van der Waals surface area contributed by atoms with Crippen molar-refractivity contribution in [2.24, 2.45) is 0 Å². The highest BCUT2D eigenvalue weighted by Gasteiger charge is 2.08. The highest BCUT2D eigenvalue weighted by atomic mass is 35.5. The molecule has 0 amide bonds. The lowest BCUT2D eigenvalue weighted by molar-refractivity contribution is 0.161. The number of anilines is 1. The van der Waals surface area contributed by atoms with E-state index >= 15 is 0 Å². The molecule has 1 aliphatic heterocycles. The summed E-state index contributed by atoms with van der Waals surface area (Å²) in [7, 11) is 0. The largest absolute Gasteiger partial charge is 0.396 e. The Morgan fingerprint density at radius 3 is 3.00 bits per heavy atom. The summed E-state index contributed by atoms with van der Waals surface area (Å²) in [6.45, 7) is 1.42. The zero-order valence-corrected chi connectivity index (χ0v) is 8.42. The molecular weight excluding hydrogens is 200 g/mol. The Labute approximate surface area is 87.5 Å². The third-order valence-corrected chi connectivity index (χ3v) is 2.52. The molecule has 0 saturated carbocycles. The number of halogens is 1. The van der Waals surface area contributed by atoms with Crippen molar-refractivity contribution in [1.29, 1.82) is 0 Å². The molecule has 4 heteroatoms. The summed E-state index contributed by atoms with van der Waals surface area (Å²) in [6.07, 6.45) is 4.70. The number of nitrogens with two attached hydrogens (primary N) is 1. The number of nitrogens with zero attached hydrogens (tertiary/aromatic N) is 1. The van der Waals surface area contributed by atoms with Crippen molar-refractivity contribution in [3.05, 3.63) is 29.1 Å². The monoisotopic (exact) mass is 210 g/mol. The minimum absolute atomic E-state index is 0.362. The van der Waals surface area contributed by atoms with Gasteiger partial charge >= 0.3 is 0 Å². The van der Waals surface area contributed by atoms with Crippen LogP contribution in [0.25, 0.3) is 5.57 Å². The van der Waals surface area contributed by atoms with Gasteiger partial charge in [0.15, 0.2) is 5.15 Å². The van der Waals surface area contributed by atoms with E-state index in [0.717, 1.165) is 18.6 Å². The van der Waals surface area contributed by atoms with Crippen LogP contribution >= 0.6 is 11.6 Å². The summed E-state index contributed by atoms with van der Waals surface area (Å²) < 4.78 is 5.22. The number of hydrogen-bond donors (Lipinski definition) is 1. The van der Waals surface area contributed by atoms with Gasteiger partial charge in [-0.3, -0.25) is 0 Å². The highest BCUT2D eigenvalue weighted by molar-refractivity contribution is 6.31. The second-order valence-corrected chi connectivity index (χ2v) is 3.52. The summed E-state index contributed by atoms with van der Waals surface area (Å²) in [6, 6.07) is 1.85. The van der Waals surface area contributed by atoms with Gasteiger partial charge in [0, 0.05) is 6.20 Å². The van der Waals surface area contributed by atoms with Crippen LogP contribution in [-0.4, -0.2) is 18.2 Å². The van der Waals surface area contributed by atoms with E-state index < -0.39 is 0 Å². The molecule has 1 aromatic heterocycles. The number of nitrogen functional groups attached to an aromatic ring is 1. The molecule has 0 bridgehead atoms. The van der Waals surface area contributed by atoms with Crippen molar-refractivity contribution in [3.8, 4) is 0 Å². The molecule has 2 rings (SSSR count). The van der Waals surface area contributed by atoms with Gasteiger partial charge in [-0.1, -0.05) is 17.7 Å². The summed E-state index contributed by atoms with van der Waals surface area (Å²) in [5, 5.41) is 0.362. The second-order valence-electron chi connectivity index (χ2n) is 3.16. The van der Waals surface area contributed by atoms with Crippen LogP contribution in [0.4, 0.5) is 5.69 Å². The molecule has 0 spiro atoms. The van der Waals surface area contributed by atoms with E-state index in [2.05, 4.69) is 4.98 Å². The van der Waals surface area contributed by atoms with Crippen LogP contribution in [0.1, 0.15) is 12.0 Å². The van der Waals surface area contributed by atoms with E-state index in [1.165, 1.54) is 5.57 Å². The Kier molecular flexibility index (Phi) is 2.70. The topological polar surface area (TPSA) is 48.1 Å². The van der Waals surface area contributed by atoms with E-state index in [0.29, 0.717) is 17.4 Å². The standard InChI is InChI=1S/C10H11ClN2O/c11-10-9(12)5-8(6-13-10)7-1-3-14-4-2-7/h1,5-6H,2-4,12H2. The third-order valence-electron chi connectivity index (χ3n) is 2.20. The van der Waals surface area contributed by atoms with Gasteiger partial charge in [0.1, 0.15) is 0 Å². The van der Waals surface area contributed by atoms with Crippen LogP contribution in [-0.2, 0) is 4.74 Å². The first-order chi connectivity index (χ1) is 6.77. The van der Waals surface area contributed by atoms with Gasteiger partial charge in [0.2, 0.25) is 0 Å². The average Bonchev–Trinajstić information content (AvgIpc) is 2.23. The Hall–Kier alpha value is -1.06. The van der Waals surface area contributed by atoms with Crippen molar-refractivity contribution in [3.63, 3.8) is 0 Å². The minimum Gasteiger partial charge on any atom is -0.396 e. The predicted molar refractivity (Wildman–Crippen MR) is 57.1 cm³/mol. The van der Waals surface area contributed by atoms with E-state index in [4.69, 9.17) is 22.1 Å². The molecule has 3 nitrogen and oxygen atoms in total. The smallest absolute Gasteiger partial charge is 0.151 e. The van der Waals surface area contributed by atoms with Crippen LogP contribution in [0.15, 0.2) is 18.3 Å². The second kappa shape index (κ2) is 3.98. The van der Waals surface area contributed by atoms with E-state index in [9.17, 15) is 0 Å². The van der Waals surface area contributed by atoms with Crippen LogP contribution in [0.2, 0.25) is 5.15 Å². The minimum atomic E-state index is 0.362.